The van der Waals surface area contributed by atoms with Crippen LogP contribution in [0.2, 0.25) is 0 Å². The Bertz CT molecular complexity index is 1120. The highest BCUT2D eigenvalue weighted by atomic mass is 16.3. The molecule has 0 radical (unpaired) electrons. The molecule has 4 rings (SSSR count). The minimum atomic E-state index is -0.278. The highest BCUT2D eigenvalue weighted by Gasteiger charge is 2.15. The zero-order chi connectivity index (χ0) is 20.1. The average molecular weight is 388 g/mol. The van der Waals surface area contributed by atoms with Gasteiger partial charge in [0.2, 0.25) is 5.91 Å². The number of carbonyl (C=O) groups excluding carboxylic acids is 2. The van der Waals surface area contributed by atoms with Gasteiger partial charge in [-0.1, -0.05) is 30.3 Å². The standard InChI is InChI=1S/C22H20N4O3/c27-21(24-16-7-2-1-3-8-16)15-26-18-10-5-4-9-17(18)25-20(26)12-13-23-22(28)19-11-6-14-29-19/h1-11,14H,12-13,15H2,(H,23,28)(H,24,27). The van der Waals surface area contributed by atoms with Crippen LogP contribution in [0, 0.1) is 0 Å². The third-order valence-corrected chi connectivity index (χ3v) is 4.47. The van der Waals surface area contributed by atoms with Crippen LogP contribution in [0.5, 0.6) is 0 Å². The molecule has 0 aliphatic carbocycles. The van der Waals surface area contributed by atoms with Crippen molar-refractivity contribution < 1.29 is 14.0 Å². The Kier molecular flexibility index (Phi) is 5.38. The van der Waals surface area contributed by atoms with Crippen LogP contribution in [-0.4, -0.2) is 27.9 Å². The maximum absolute atomic E-state index is 12.6. The van der Waals surface area contributed by atoms with E-state index >= 15 is 0 Å². The molecular weight excluding hydrogens is 368 g/mol. The minimum Gasteiger partial charge on any atom is -0.459 e. The van der Waals surface area contributed by atoms with Gasteiger partial charge in [0.05, 0.1) is 17.3 Å². The summed E-state index contributed by atoms with van der Waals surface area (Å²) in [5.74, 6) is 0.578. The Labute approximate surface area is 167 Å². The molecule has 146 valence electrons. The third kappa shape index (κ3) is 4.35. The molecule has 0 fully saturated rings. The van der Waals surface area contributed by atoms with E-state index in [1.807, 2.05) is 59.2 Å². The second-order valence-corrected chi connectivity index (χ2v) is 6.50. The summed E-state index contributed by atoms with van der Waals surface area (Å²) in [6, 6.07) is 20.3. The summed E-state index contributed by atoms with van der Waals surface area (Å²) in [7, 11) is 0. The quantitative estimate of drug-likeness (QED) is 0.509. The first-order chi connectivity index (χ1) is 14.2. The van der Waals surface area contributed by atoms with Crippen LogP contribution in [0.3, 0.4) is 0 Å². The van der Waals surface area contributed by atoms with Crippen LogP contribution in [0.1, 0.15) is 16.4 Å². The summed E-state index contributed by atoms with van der Waals surface area (Å²) in [5.41, 5.74) is 2.43. The summed E-state index contributed by atoms with van der Waals surface area (Å²) < 4.78 is 6.97. The lowest BCUT2D eigenvalue weighted by Gasteiger charge is -2.10. The number of aromatic nitrogens is 2. The molecule has 2 N–H and O–H groups in total. The van der Waals surface area contributed by atoms with Gasteiger partial charge in [-0.3, -0.25) is 9.59 Å². The monoisotopic (exact) mass is 388 g/mol. The lowest BCUT2D eigenvalue weighted by Crippen LogP contribution is -2.27. The Morgan fingerprint density at radius 1 is 0.966 bits per heavy atom. The molecule has 2 aromatic carbocycles. The van der Waals surface area contributed by atoms with E-state index in [-0.39, 0.29) is 24.1 Å². The van der Waals surface area contributed by atoms with Gasteiger partial charge in [-0.25, -0.2) is 4.98 Å². The molecule has 2 aromatic heterocycles. The predicted molar refractivity (Wildman–Crippen MR) is 110 cm³/mol. The molecule has 0 saturated carbocycles. The fraction of sp³-hybridized carbons (Fsp3) is 0.136. The topological polar surface area (TPSA) is 89.2 Å². The SMILES string of the molecule is O=C(Cn1c(CCNC(=O)c2ccco2)nc2ccccc21)Nc1ccccc1. The van der Waals surface area contributed by atoms with Crippen molar-refractivity contribution in [3.63, 3.8) is 0 Å². The van der Waals surface area contributed by atoms with E-state index in [0.717, 1.165) is 22.5 Å². The van der Waals surface area contributed by atoms with Crippen LogP contribution < -0.4 is 10.6 Å². The predicted octanol–water partition coefficient (Wildman–Crippen LogP) is 3.24. The number of amides is 2. The van der Waals surface area contributed by atoms with Crippen molar-refractivity contribution in [1.82, 2.24) is 14.9 Å². The number of benzene rings is 2. The van der Waals surface area contributed by atoms with Gasteiger partial charge in [-0.15, -0.1) is 0 Å². The number of hydrogen-bond donors (Lipinski definition) is 2. The molecule has 0 unspecified atom stereocenters. The minimum absolute atomic E-state index is 0.136. The Balaban J connectivity index is 1.48. The highest BCUT2D eigenvalue weighted by Crippen LogP contribution is 2.17. The van der Waals surface area contributed by atoms with Crippen molar-refractivity contribution in [1.29, 1.82) is 0 Å². The van der Waals surface area contributed by atoms with Gasteiger partial charge >= 0.3 is 0 Å². The van der Waals surface area contributed by atoms with Crippen LogP contribution in [0.4, 0.5) is 5.69 Å². The first-order valence-electron chi connectivity index (χ1n) is 9.31. The van der Waals surface area contributed by atoms with Crippen molar-refractivity contribution in [3.05, 3.63) is 84.6 Å². The fourth-order valence-corrected chi connectivity index (χ4v) is 3.14. The van der Waals surface area contributed by atoms with E-state index in [2.05, 4.69) is 15.6 Å². The Morgan fingerprint density at radius 2 is 1.76 bits per heavy atom. The smallest absolute Gasteiger partial charge is 0.286 e. The first-order valence-corrected chi connectivity index (χ1v) is 9.31. The molecule has 2 amide bonds. The van der Waals surface area contributed by atoms with Gasteiger partial charge in [0.25, 0.3) is 5.91 Å². The number of furan rings is 1. The molecule has 7 nitrogen and oxygen atoms in total. The number of anilines is 1. The largest absolute Gasteiger partial charge is 0.459 e. The zero-order valence-corrected chi connectivity index (χ0v) is 15.7. The summed E-state index contributed by atoms with van der Waals surface area (Å²) in [5, 5.41) is 5.71. The lowest BCUT2D eigenvalue weighted by atomic mass is 10.3. The zero-order valence-electron chi connectivity index (χ0n) is 15.7. The van der Waals surface area contributed by atoms with E-state index in [4.69, 9.17) is 4.42 Å². The van der Waals surface area contributed by atoms with Crippen molar-refractivity contribution in [2.45, 2.75) is 13.0 Å². The number of nitrogens with one attached hydrogen (secondary N) is 2. The normalized spacial score (nSPS) is 10.8. The van der Waals surface area contributed by atoms with Gasteiger partial charge < -0.3 is 19.6 Å². The van der Waals surface area contributed by atoms with Crippen LogP contribution in [0.15, 0.2) is 77.4 Å². The molecular formula is C22H20N4O3. The maximum atomic E-state index is 12.6. The van der Waals surface area contributed by atoms with E-state index in [1.165, 1.54) is 6.26 Å². The summed E-state index contributed by atoms with van der Waals surface area (Å²) >= 11 is 0. The molecule has 7 heteroatoms. The molecule has 2 heterocycles. The van der Waals surface area contributed by atoms with Crippen LogP contribution in [-0.2, 0) is 17.8 Å². The molecule has 0 spiro atoms. The molecule has 0 saturated heterocycles. The Hall–Kier alpha value is -3.87. The second-order valence-electron chi connectivity index (χ2n) is 6.50. The third-order valence-electron chi connectivity index (χ3n) is 4.47. The summed E-state index contributed by atoms with van der Waals surface area (Å²) in [6.07, 6.45) is 1.94. The van der Waals surface area contributed by atoms with Crippen LogP contribution >= 0.6 is 0 Å². The van der Waals surface area contributed by atoms with Gasteiger partial charge in [0, 0.05) is 18.7 Å². The van der Waals surface area contributed by atoms with Gasteiger partial charge in [0.1, 0.15) is 12.4 Å². The second kappa shape index (κ2) is 8.43. The van der Waals surface area contributed by atoms with Gasteiger partial charge in [-0.2, -0.15) is 0 Å². The molecule has 0 aliphatic heterocycles. The number of imidazole rings is 1. The molecule has 0 bridgehead atoms. The number of rotatable bonds is 7. The Morgan fingerprint density at radius 3 is 2.55 bits per heavy atom. The highest BCUT2D eigenvalue weighted by molar-refractivity contribution is 5.92. The molecule has 0 atom stereocenters. The average Bonchev–Trinajstić information content (AvgIpc) is 3.38. The van der Waals surface area contributed by atoms with E-state index in [9.17, 15) is 9.59 Å². The molecule has 29 heavy (non-hydrogen) atoms. The number of carbonyl (C=O) groups is 2. The fourth-order valence-electron chi connectivity index (χ4n) is 3.14. The molecule has 4 aromatic rings. The van der Waals surface area contributed by atoms with E-state index in [0.29, 0.717) is 13.0 Å². The van der Waals surface area contributed by atoms with Crippen LogP contribution in [0.25, 0.3) is 11.0 Å². The molecule has 0 aliphatic rings. The van der Waals surface area contributed by atoms with Crippen molar-refractivity contribution in [3.8, 4) is 0 Å². The number of hydrogen-bond acceptors (Lipinski definition) is 4. The number of para-hydroxylation sites is 3. The lowest BCUT2D eigenvalue weighted by molar-refractivity contribution is -0.116. The summed E-state index contributed by atoms with van der Waals surface area (Å²) in [4.78, 5) is 29.2. The van der Waals surface area contributed by atoms with Crippen molar-refractivity contribution in [2.24, 2.45) is 0 Å². The first kappa shape index (κ1) is 18.5. The number of fused-ring (bicyclic) bond motifs is 1. The van der Waals surface area contributed by atoms with E-state index < -0.39 is 0 Å². The maximum Gasteiger partial charge on any atom is 0.286 e. The summed E-state index contributed by atoms with van der Waals surface area (Å²) in [6.45, 7) is 0.514. The number of nitrogens with zero attached hydrogens (tertiary/aromatic N) is 2. The van der Waals surface area contributed by atoms with Gasteiger partial charge in [0.15, 0.2) is 5.76 Å². The van der Waals surface area contributed by atoms with Gasteiger partial charge in [-0.05, 0) is 36.4 Å². The van der Waals surface area contributed by atoms with Crippen molar-refractivity contribution >= 4 is 28.5 Å². The van der Waals surface area contributed by atoms with E-state index in [1.54, 1.807) is 12.1 Å². The van der Waals surface area contributed by atoms with Crippen molar-refractivity contribution in [2.75, 3.05) is 11.9 Å².